The van der Waals surface area contributed by atoms with Gasteiger partial charge in [-0.25, -0.2) is 16.9 Å². The Morgan fingerprint density at radius 1 is 1.21 bits per heavy atom. The van der Waals surface area contributed by atoms with Gasteiger partial charge in [0.25, 0.3) is 0 Å². The molecule has 1 unspecified atom stereocenters. The first kappa shape index (κ1) is 16.0. The highest BCUT2D eigenvalue weighted by Crippen LogP contribution is 2.39. The molecule has 2 aliphatic heterocycles. The van der Waals surface area contributed by atoms with Gasteiger partial charge in [0.05, 0.1) is 45.7 Å². The Balaban J connectivity index is 2.10. The first-order chi connectivity index (χ1) is 11.4. The number of likely N-dealkylation sites (N-methyl/N-ethyl adjacent to an activating group) is 2. The molecular formula is C15H18FIN6O. The Bertz CT molecular complexity index is 900. The summed E-state index contributed by atoms with van der Waals surface area (Å²) in [5.41, 5.74) is 0.890. The van der Waals surface area contributed by atoms with Gasteiger partial charge in [0.1, 0.15) is 5.82 Å². The molecule has 0 amide bonds. The first-order valence-corrected chi connectivity index (χ1v) is 8.80. The number of hydrogen-bond acceptors (Lipinski definition) is 6. The summed E-state index contributed by atoms with van der Waals surface area (Å²) in [7, 11) is 3.97. The van der Waals surface area contributed by atoms with Crippen LogP contribution in [0.25, 0.3) is 11.0 Å². The van der Waals surface area contributed by atoms with Crippen molar-refractivity contribution in [1.29, 1.82) is 0 Å². The highest BCUT2D eigenvalue weighted by Gasteiger charge is 2.35. The standard InChI is InChI=1S/C15H18FIN6O/c1-8-11(16)12-10-13(19-15(24)23(17)14(10)18-8)22-5-4-20(2)6-9(22)7-21(12)3/h9H,4-7H2,1-3H3. The van der Waals surface area contributed by atoms with Crippen LogP contribution in [0.3, 0.4) is 0 Å². The maximum atomic E-state index is 14.9. The summed E-state index contributed by atoms with van der Waals surface area (Å²) in [5.74, 6) is 0.225. The van der Waals surface area contributed by atoms with Gasteiger partial charge in [0.2, 0.25) is 0 Å². The maximum Gasteiger partial charge on any atom is 0.360 e. The lowest BCUT2D eigenvalue weighted by Crippen LogP contribution is -2.55. The number of pyridine rings is 1. The highest BCUT2D eigenvalue weighted by atomic mass is 127. The summed E-state index contributed by atoms with van der Waals surface area (Å²) in [4.78, 5) is 27.3. The summed E-state index contributed by atoms with van der Waals surface area (Å²) in [6.07, 6.45) is 0. The van der Waals surface area contributed by atoms with Crippen LogP contribution in [0.4, 0.5) is 15.9 Å². The van der Waals surface area contributed by atoms with E-state index in [0.29, 0.717) is 34.8 Å². The number of nitrogens with zero attached hydrogens (tertiary/aromatic N) is 6. The summed E-state index contributed by atoms with van der Waals surface area (Å²) < 4.78 is 16.3. The number of aromatic nitrogens is 3. The van der Waals surface area contributed by atoms with Crippen LogP contribution in [-0.2, 0) is 0 Å². The molecule has 2 aliphatic rings. The third-order valence-corrected chi connectivity index (χ3v) is 5.73. The van der Waals surface area contributed by atoms with Gasteiger partial charge in [0, 0.05) is 33.2 Å². The van der Waals surface area contributed by atoms with Gasteiger partial charge in [0.15, 0.2) is 11.5 Å². The van der Waals surface area contributed by atoms with Crippen molar-refractivity contribution in [2.45, 2.75) is 13.0 Å². The molecule has 0 spiro atoms. The van der Waals surface area contributed by atoms with Gasteiger partial charge in [-0.15, -0.1) is 0 Å². The van der Waals surface area contributed by atoms with Gasteiger partial charge < -0.3 is 14.7 Å². The van der Waals surface area contributed by atoms with E-state index in [1.54, 1.807) is 6.92 Å². The molecule has 0 aromatic carbocycles. The van der Waals surface area contributed by atoms with Crippen LogP contribution in [0.2, 0.25) is 0 Å². The van der Waals surface area contributed by atoms with Crippen LogP contribution in [-0.4, -0.2) is 64.0 Å². The Morgan fingerprint density at radius 2 is 1.96 bits per heavy atom. The lowest BCUT2D eigenvalue weighted by molar-refractivity contribution is 0.268. The number of anilines is 2. The van der Waals surface area contributed by atoms with Crippen molar-refractivity contribution >= 4 is 45.4 Å². The van der Waals surface area contributed by atoms with E-state index < -0.39 is 0 Å². The molecule has 9 heteroatoms. The van der Waals surface area contributed by atoms with Crippen LogP contribution in [0.1, 0.15) is 5.69 Å². The van der Waals surface area contributed by atoms with Crippen LogP contribution < -0.4 is 15.5 Å². The van der Waals surface area contributed by atoms with E-state index in [2.05, 4.69) is 26.8 Å². The minimum Gasteiger partial charge on any atom is -0.369 e. The van der Waals surface area contributed by atoms with Gasteiger partial charge in [-0.05, 0) is 14.0 Å². The fourth-order valence-electron chi connectivity index (χ4n) is 3.70. The lowest BCUT2D eigenvalue weighted by atomic mass is 10.1. The second-order valence-corrected chi connectivity index (χ2v) is 7.51. The van der Waals surface area contributed by atoms with Crippen LogP contribution in [0.5, 0.6) is 0 Å². The third kappa shape index (κ3) is 2.20. The number of fused-ring (bicyclic) bond motifs is 2. The Kier molecular flexibility index (Phi) is 3.68. The summed E-state index contributed by atoms with van der Waals surface area (Å²) >= 11 is 1.89. The normalized spacial score (nSPS) is 21.1. The van der Waals surface area contributed by atoms with Crippen molar-refractivity contribution in [3.05, 3.63) is 22.0 Å². The van der Waals surface area contributed by atoms with Crippen LogP contribution >= 0.6 is 22.9 Å². The van der Waals surface area contributed by atoms with E-state index in [1.807, 2.05) is 34.8 Å². The first-order valence-electron chi connectivity index (χ1n) is 7.84. The topological polar surface area (TPSA) is 57.5 Å². The monoisotopic (exact) mass is 444 g/mol. The minimum absolute atomic E-state index is 0.154. The molecule has 2 aromatic rings. The molecule has 2 aromatic heterocycles. The van der Waals surface area contributed by atoms with Crippen molar-refractivity contribution in [3.63, 3.8) is 0 Å². The van der Waals surface area contributed by atoms with Gasteiger partial charge in [-0.1, -0.05) is 0 Å². The maximum absolute atomic E-state index is 14.9. The van der Waals surface area contributed by atoms with E-state index >= 15 is 0 Å². The fraction of sp³-hybridized carbons (Fsp3) is 0.533. The molecule has 1 fully saturated rings. The van der Waals surface area contributed by atoms with Gasteiger partial charge in [-0.3, -0.25) is 0 Å². The van der Waals surface area contributed by atoms with Gasteiger partial charge in [-0.2, -0.15) is 4.98 Å². The molecule has 0 bridgehead atoms. The molecule has 24 heavy (non-hydrogen) atoms. The molecule has 7 nitrogen and oxygen atoms in total. The van der Waals surface area contributed by atoms with Crippen LogP contribution in [0.15, 0.2) is 4.79 Å². The van der Waals surface area contributed by atoms with E-state index in [4.69, 9.17) is 0 Å². The number of halogens is 2. The molecule has 0 N–H and O–H groups in total. The average Bonchev–Trinajstić information content (AvgIpc) is 2.64. The number of piperazine rings is 1. The SMILES string of the molecule is Cc1nc2c3c(nc(=O)n2I)N2CCN(C)CC2CN(C)c3c1F. The van der Waals surface area contributed by atoms with Crippen LogP contribution in [0, 0.1) is 12.7 Å². The van der Waals surface area contributed by atoms with Crippen molar-refractivity contribution < 1.29 is 4.39 Å². The fourth-order valence-corrected chi connectivity index (χ4v) is 4.16. The summed E-state index contributed by atoms with van der Waals surface area (Å²) in [6, 6.07) is 0.154. The largest absolute Gasteiger partial charge is 0.369 e. The zero-order chi connectivity index (χ0) is 17.2. The molecule has 4 rings (SSSR count). The van der Waals surface area contributed by atoms with E-state index in [9.17, 15) is 9.18 Å². The zero-order valence-electron chi connectivity index (χ0n) is 13.8. The average molecular weight is 444 g/mol. The van der Waals surface area contributed by atoms with Gasteiger partial charge >= 0.3 is 5.69 Å². The molecule has 1 saturated heterocycles. The Labute approximate surface area is 152 Å². The molecular weight excluding hydrogens is 426 g/mol. The lowest BCUT2D eigenvalue weighted by Gasteiger charge is -2.40. The number of hydrogen-bond donors (Lipinski definition) is 0. The summed E-state index contributed by atoms with van der Waals surface area (Å²) in [6.45, 7) is 4.80. The highest BCUT2D eigenvalue weighted by molar-refractivity contribution is 14.1. The van der Waals surface area contributed by atoms with E-state index in [0.717, 1.165) is 19.6 Å². The van der Waals surface area contributed by atoms with E-state index in [-0.39, 0.29) is 17.5 Å². The predicted molar refractivity (Wildman–Crippen MR) is 99.8 cm³/mol. The summed E-state index contributed by atoms with van der Waals surface area (Å²) in [5, 5.41) is 0.627. The Morgan fingerprint density at radius 3 is 2.71 bits per heavy atom. The predicted octanol–water partition coefficient (Wildman–Crippen LogP) is 1.01. The van der Waals surface area contributed by atoms with Crippen molar-refractivity contribution in [2.24, 2.45) is 0 Å². The zero-order valence-corrected chi connectivity index (χ0v) is 15.9. The van der Waals surface area contributed by atoms with Crippen molar-refractivity contribution in [3.8, 4) is 0 Å². The molecule has 0 aliphatic carbocycles. The second kappa shape index (κ2) is 5.51. The van der Waals surface area contributed by atoms with Crippen molar-refractivity contribution in [2.75, 3.05) is 50.1 Å². The third-order valence-electron chi connectivity index (χ3n) is 4.86. The second-order valence-electron chi connectivity index (χ2n) is 6.55. The van der Waals surface area contributed by atoms with E-state index in [1.165, 1.54) is 2.78 Å². The molecule has 0 radical (unpaired) electrons. The smallest absolute Gasteiger partial charge is 0.360 e. The minimum atomic E-state index is -0.371. The molecule has 128 valence electrons. The van der Waals surface area contributed by atoms with Crippen molar-refractivity contribution in [1.82, 2.24) is 17.6 Å². The number of rotatable bonds is 0. The molecule has 0 saturated carbocycles. The molecule has 4 heterocycles. The Hall–Kier alpha value is -1.49. The molecule has 1 atom stereocenters. The quantitative estimate of drug-likeness (QED) is 0.566. The number of aryl methyl sites for hydroxylation is 1.